The molecule has 0 saturated heterocycles. The van der Waals surface area contributed by atoms with Gasteiger partial charge in [0.15, 0.2) is 5.82 Å². The molecular weight excluding hydrogens is 290 g/mol. The van der Waals surface area contributed by atoms with Crippen LogP contribution in [0.3, 0.4) is 0 Å². The highest BCUT2D eigenvalue weighted by Gasteiger charge is 2.15. The molecule has 3 rings (SSSR count). The highest BCUT2D eigenvalue weighted by molar-refractivity contribution is 7.81. The minimum atomic E-state index is 0.728. The molecule has 2 N–H and O–H groups in total. The summed E-state index contributed by atoms with van der Waals surface area (Å²) in [7, 11) is 1.94. The number of thiocarbonyl (C=S) groups is 1. The summed E-state index contributed by atoms with van der Waals surface area (Å²) < 4.78 is 1.93. The van der Waals surface area contributed by atoms with Gasteiger partial charge in [0.05, 0.1) is 4.86 Å². The van der Waals surface area contributed by atoms with Gasteiger partial charge in [-0.05, 0) is 17.2 Å². The maximum atomic E-state index is 6.21. The first-order valence-electron chi connectivity index (χ1n) is 7.10. The number of hydrogen-bond donors (Lipinski definition) is 1. The van der Waals surface area contributed by atoms with Gasteiger partial charge in [0.25, 0.3) is 0 Å². The van der Waals surface area contributed by atoms with Gasteiger partial charge >= 0.3 is 0 Å². The zero-order chi connectivity index (χ0) is 15.5. The minimum Gasteiger partial charge on any atom is -0.398 e. The molecule has 0 bridgehead atoms. The minimum absolute atomic E-state index is 0.728. The maximum Gasteiger partial charge on any atom is 0.151 e. The fraction of sp³-hybridized carbons (Fsp3) is 0.111. The number of hydrogen-bond acceptors (Lipinski definition) is 3. The van der Waals surface area contributed by atoms with Crippen LogP contribution in [0.4, 0.5) is 5.69 Å². The van der Waals surface area contributed by atoms with E-state index in [9.17, 15) is 0 Å². The fourth-order valence-corrected chi connectivity index (χ4v) is 2.91. The highest BCUT2D eigenvalue weighted by Crippen LogP contribution is 2.23. The van der Waals surface area contributed by atoms with Crippen LogP contribution in [-0.2, 0) is 13.5 Å². The van der Waals surface area contributed by atoms with Crippen molar-refractivity contribution in [3.8, 4) is 0 Å². The lowest BCUT2D eigenvalue weighted by molar-refractivity contribution is 0.900. The molecular formula is C18H17N3S. The average Bonchev–Trinajstić information content (AvgIpc) is 2.96. The summed E-state index contributed by atoms with van der Waals surface area (Å²) in [5.74, 6) is 0.787. The molecule has 0 atom stereocenters. The first-order chi connectivity index (χ1) is 10.7. The topological polar surface area (TPSA) is 43.8 Å². The van der Waals surface area contributed by atoms with Crippen molar-refractivity contribution in [1.29, 1.82) is 0 Å². The van der Waals surface area contributed by atoms with Gasteiger partial charge in [-0.25, -0.2) is 4.98 Å². The van der Waals surface area contributed by atoms with Crippen LogP contribution in [0.5, 0.6) is 0 Å². The summed E-state index contributed by atoms with van der Waals surface area (Å²) in [6, 6.07) is 16.1. The lowest BCUT2D eigenvalue weighted by Crippen LogP contribution is -2.12. The van der Waals surface area contributed by atoms with Crippen LogP contribution in [0.15, 0.2) is 60.9 Å². The van der Waals surface area contributed by atoms with Gasteiger partial charge in [-0.15, -0.1) is 0 Å². The first-order valence-corrected chi connectivity index (χ1v) is 7.51. The lowest BCUT2D eigenvalue weighted by Gasteiger charge is -2.13. The summed E-state index contributed by atoms with van der Waals surface area (Å²) in [6.45, 7) is 0. The van der Waals surface area contributed by atoms with E-state index in [1.165, 1.54) is 5.56 Å². The van der Waals surface area contributed by atoms with E-state index < -0.39 is 0 Å². The molecule has 3 nitrogen and oxygen atoms in total. The molecule has 0 radical (unpaired) electrons. The SMILES string of the molecule is Cn1ccnc1C(=S)c1cccc(N)c1Cc1ccccc1. The number of rotatable bonds is 4. The second-order valence-electron chi connectivity index (χ2n) is 5.23. The summed E-state index contributed by atoms with van der Waals surface area (Å²) in [4.78, 5) is 5.08. The Bertz CT molecular complexity index is 806. The Morgan fingerprint density at radius 3 is 2.59 bits per heavy atom. The van der Waals surface area contributed by atoms with Crippen LogP contribution in [0.25, 0.3) is 0 Å². The van der Waals surface area contributed by atoms with Crippen LogP contribution in [-0.4, -0.2) is 14.4 Å². The van der Waals surface area contributed by atoms with Crippen LogP contribution in [0.1, 0.15) is 22.5 Å². The zero-order valence-electron chi connectivity index (χ0n) is 12.4. The predicted molar refractivity (Wildman–Crippen MR) is 94.1 cm³/mol. The summed E-state index contributed by atoms with van der Waals surface area (Å²) in [6.07, 6.45) is 4.41. The molecule has 0 fully saturated rings. The smallest absolute Gasteiger partial charge is 0.151 e. The zero-order valence-corrected chi connectivity index (χ0v) is 13.2. The van der Waals surface area contributed by atoms with E-state index in [-0.39, 0.29) is 0 Å². The van der Waals surface area contributed by atoms with Crippen molar-refractivity contribution in [2.75, 3.05) is 5.73 Å². The fourth-order valence-electron chi connectivity index (χ4n) is 2.52. The molecule has 0 amide bonds. The molecule has 0 aliphatic heterocycles. The Balaban J connectivity index is 2.04. The van der Waals surface area contributed by atoms with Gasteiger partial charge in [0, 0.05) is 37.1 Å². The molecule has 22 heavy (non-hydrogen) atoms. The number of nitrogens with zero attached hydrogens (tertiary/aromatic N) is 2. The quantitative estimate of drug-likeness (QED) is 0.456. The van der Waals surface area contributed by atoms with E-state index in [4.69, 9.17) is 18.0 Å². The van der Waals surface area contributed by atoms with Crippen molar-refractivity contribution < 1.29 is 0 Å². The van der Waals surface area contributed by atoms with E-state index in [0.29, 0.717) is 0 Å². The second-order valence-corrected chi connectivity index (χ2v) is 5.63. The van der Waals surface area contributed by atoms with Crippen molar-refractivity contribution in [2.45, 2.75) is 6.42 Å². The lowest BCUT2D eigenvalue weighted by atomic mass is 9.96. The Morgan fingerprint density at radius 2 is 1.91 bits per heavy atom. The molecule has 1 aromatic heterocycles. The molecule has 2 aromatic carbocycles. The summed E-state index contributed by atoms with van der Waals surface area (Å²) in [5, 5.41) is 0. The summed E-state index contributed by atoms with van der Waals surface area (Å²) >= 11 is 5.65. The molecule has 0 unspecified atom stereocenters. The third-order valence-electron chi connectivity index (χ3n) is 3.70. The van der Waals surface area contributed by atoms with E-state index >= 15 is 0 Å². The molecule has 1 heterocycles. The molecule has 0 aliphatic rings. The molecule has 3 aromatic rings. The third-order valence-corrected chi connectivity index (χ3v) is 4.11. The number of nitrogen functional groups attached to an aromatic ring is 1. The van der Waals surface area contributed by atoms with Gasteiger partial charge in [0.1, 0.15) is 0 Å². The van der Waals surface area contributed by atoms with E-state index in [1.807, 2.05) is 54.2 Å². The Morgan fingerprint density at radius 1 is 1.14 bits per heavy atom. The van der Waals surface area contributed by atoms with Gasteiger partial charge in [0.2, 0.25) is 0 Å². The third kappa shape index (κ3) is 2.78. The molecule has 110 valence electrons. The number of nitrogens with two attached hydrogens (primary N) is 1. The normalized spacial score (nSPS) is 10.6. The Labute approximate surface area is 135 Å². The van der Waals surface area contributed by atoms with Crippen molar-refractivity contribution in [1.82, 2.24) is 9.55 Å². The van der Waals surface area contributed by atoms with Gasteiger partial charge in [-0.1, -0.05) is 54.7 Å². The molecule has 0 spiro atoms. The van der Waals surface area contributed by atoms with Crippen molar-refractivity contribution in [3.63, 3.8) is 0 Å². The number of imidazole rings is 1. The van der Waals surface area contributed by atoms with Crippen LogP contribution in [0.2, 0.25) is 0 Å². The van der Waals surface area contributed by atoms with Crippen molar-refractivity contribution in [3.05, 3.63) is 83.4 Å². The van der Waals surface area contributed by atoms with Crippen LogP contribution < -0.4 is 5.73 Å². The Kier molecular flexibility index (Phi) is 4.02. The number of aromatic nitrogens is 2. The van der Waals surface area contributed by atoms with Gasteiger partial charge in [-0.3, -0.25) is 0 Å². The number of benzene rings is 2. The highest BCUT2D eigenvalue weighted by atomic mass is 32.1. The maximum absolute atomic E-state index is 6.21. The molecule has 4 heteroatoms. The number of anilines is 1. The van der Waals surface area contributed by atoms with Crippen molar-refractivity contribution in [2.24, 2.45) is 7.05 Å². The molecule has 0 aliphatic carbocycles. The van der Waals surface area contributed by atoms with Crippen molar-refractivity contribution >= 4 is 22.8 Å². The molecule has 0 saturated carbocycles. The average molecular weight is 307 g/mol. The monoisotopic (exact) mass is 307 g/mol. The number of aryl methyl sites for hydroxylation is 1. The van der Waals surface area contributed by atoms with E-state index in [1.54, 1.807) is 6.20 Å². The van der Waals surface area contributed by atoms with Gasteiger partial charge in [-0.2, -0.15) is 0 Å². The second kappa shape index (κ2) is 6.12. The Hall–Kier alpha value is -2.46. The van der Waals surface area contributed by atoms with E-state index in [2.05, 4.69) is 17.1 Å². The standard InChI is InChI=1S/C18H17N3S/c1-21-11-10-20-18(21)17(22)14-8-5-9-16(19)15(14)12-13-6-3-2-4-7-13/h2-11H,12,19H2,1H3. The predicted octanol–water partition coefficient (Wildman–Crippen LogP) is 3.36. The summed E-state index contributed by atoms with van der Waals surface area (Å²) in [5.41, 5.74) is 10.2. The largest absolute Gasteiger partial charge is 0.398 e. The van der Waals surface area contributed by atoms with Gasteiger partial charge < -0.3 is 10.3 Å². The van der Waals surface area contributed by atoms with Crippen LogP contribution in [0, 0.1) is 0 Å². The van der Waals surface area contributed by atoms with Crippen LogP contribution >= 0.6 is 12.2 Å². The van der Waals surface area contributed by atoms with E-state index in [0.717, 1.165) is 33.9 Å². The first kappa shape index (κ1) is 14.5.